The van der Waals surface area contributed by atoms with E-state index in [1.165, 1.54) is 16.0 Å². The van der Waals surface area contributed by atoms with E-state index in [1.807, 2.05) is 36.1 Å². The van der Waals surface area contributed by atoms with E-state index in [0.717, 1.165) is 29.3 Å². The maximum Gasteiger partial charge on any atom is 0.407 e. The number of carbonyl (C=O) groups is 1. The van der Waals surface area contributed by atoms with Crippen molar-refractivity contribution in [1.82, 2.24) is 14.7 Å². The molecule has 0 radical (unpaired) electrons. The van der Waals surface area contributed by atoms with Crippen LogP contribution in [0.25, 0.3) is 10.9 Å². The van der Waals surface area contributed by atoms with Gasteiger partial charge in [0.25, 0.3) is 0 Å². The zero-order valence-corrected chi connectivity index (χ0v) is 17.0. The molecule has 2 heterocycles. The minimum atomic E-state index is -0.842. The number of aryl methyl sites for hydroxylation is 2. The molecule has 0 spiro atoms. The predicted octanol–water partition coefficient (Wildman–Crippen LogP) is 4.11. The third-order valence-corrected chi connectivity index (χ3v) is 6.07. The van der Waals surface area contributed by atoms with Gasteiger partial charge in [0.2, 0.25) is 0 Å². The molecule has 0 bridgehead atoms. The second-order valence-electron chi connectivity index (χ2n) is 8.04. The van der Waals surface area contributed by atoms with Crippen molar-refractivity contribution in [3.63, 3.8) is 0 Å². The molecule has 1 saturated heterocycles. The smallest absolute Gasteiger partial charge is 0.407 e. The summed E-state index contributed by atoms with van der Waals surface area (Å²) >= 11 is 0. The largest absolute Gasteiger partial charge is 0.465 e. The first kappa shape index (κ1) is 19.5. The van der Waals surface area contributed by atoms with Gasteiger partial charge in [-0.3, -0.25) is 4.68 Å². The molecule has 1 aliphatic heterocycles. The Morgan fingerprint density at radius 2 is 1.93 bits per heavy atom. The Balaban J connectivity index is 1.54. The normalized spacial score (nSPS) is 16.3. The van der Waals surface area contributed by atoms with Crippen molar-refractivity contribution >= 4 is 17.0 Å². The fraction of sp³-hybridized carbons (Fsp3) is 0.391. The van der Waals surface area contributed by atoms with Gasteiger partial charge in [-0.25, -0.2) is 4.79 Å². The number of likely N-dealkylation sites (tertiary alicyclic amines) is 1. The van der Waals surface area contributed by atoms with E-state index >= 15 is 0 Å². The van der Waals surface area contributed by atoms with Crippen molar-refractivity contribution in [3.8, 4) is 0 Å². The molecule has 3 aromatic rings. The maximum atomic E-state index is 11.4. The van der Waals surface area contributed by atoms with E-state index in [-0.39, 0.29) is 5.41 Å². The Morgan fingerprint density at radius 1 is 1.21 bits per heavy atom. The highest BCUT2D eigenvalue weighted by atomic mass is 16.5. The van der Waals surface area contributed by atoms with Gasteiger partial charge in [-0.2, -0.15) is 5.10 Å². The van der Waals surface area contributed by atoms with Crippen LogP contribution in [-0.2, 0) is 23.8 Å². The highest BCUT2D eigenvalue weighted by molar-refractivity contribution is 5.82. The first-order chi connectivity index (χ1) is 14.0. The number of rotatable bonds is 5. The number of aromatic nitrogens is 2. The number of carboxylic acid groups (broad SMARTS) is 1. The van der Waals surface area contributed by atoms with Crippen molar-refractivity contribution in [2.45, 2.75) is 31.8 Å². The summed E-state index contributed by atoms with van der Waals surface area (Å²) < 4.78 is 8.19. The van der Waals surface area contributed by atoms with Gasteiger partial charge in [-0.05, 0) is 37.0 Å². The molecule has 0 unspecified atom stereocenters. The van der Waals surface area contributed by atoms with Crippen molar-refractivity contribution in [2.75, 3.05) is 19.7 Å². The van der Waals surface area contributed by atoms with E-state index in [4.69, 9.17) is 4.74 Å². The Morgan fingerprint density at radius 3 is 2.62 bits per heavy atom. The van der Waals surface area contributed by atoms with E-state index in [9.17, 15) is 9.90 Å². The number of piperidine rings is 1. The third-order valence-electron chi connectivity index (χ3n) is 6.07. The van der Waals surface area contributed by atoms with Gasteiger partial charge in [-0.15, -0.1) is 0 Å². The highest BCUT2D eigenvalue weighted by Gasteiger charge is 2.37. The van der Waals surface area contributed by atoms with Crippen molar-refractivity contribution < 1.29 is 14.6 Å². The zero-order chi connectivity index (χ0) is 20.4. The summed E-state index contributed by atoms with van der Waals surface area (Å²) in [5.41, 5.74) is 4.48. The van der Waals surface area contributed by atoms with Crippen LogP contribution in [0.1, 0.15) is 29.5 Å². The SMILES string of the molecule is Cc1cc(COCC2(c3ccccc3)CCN(C(=O)O)CC2)c2c(cnn2C)c1. The molecule has 29 heavy (non-hydrogen) atoms. The Bertz CT molecular complexity index is 1000. The summed E-state index contributed by atoms with van der Waals surface area (Å²) in [6.07, 6.45) is 2.57. The second kappa shape index (κ2) is 7.87. The van der Waals surface area contributed by atoms with Gasteiger partial charge in [0, 0.05) is 36.5 Å². The number of hydrogen-bond acceptors (Lipinski definition) is 3. The topological polar surface area (TPSA) is 67.6 Å². The number of benzene rings is 2. The molecule has 0 atom stereocenters. The Kier molecular flexibility index (Phi) is 5.28. The average Bonchev–Trinajstić information content (AvgIpc) is 3.09. The molecule has 1 aliphatic rings. The van der Waals surface area contributed by atoms with Gasteiger partial charge in [-0.1, -0.05) is 36.4 Å². The molecule has 0 saturated carbocycles. The molecular weight excluding hydrogens is 366 g/mol. The van der Waals surface area contributed by atoms with Crippen LogP contribution in [0.2, 0.25) is 0 Å². The van der Waals surface area contributed by atoms with E-state index in [2.05, 4.69) is 36.3 Å². The lowest BCUT2D eigenvalue weighted by molar-refractivity contribution is 0.0372. The van der Waals surface area contributed by atoms with Gasteiger partial charge < -0.3 is 14.7 Å². The molecule has 1 fully saturated rings. The minimum Gasteiger partial charge on any atom is -0.465 e. The molecule has 4 rings (SSSR count). The number of nitrogens with zero attached hydrogens (tertiary/aromatic N) is 3. The van der Waals surface area contributed by atoms with Crippen LogP contribution in [0.5, 0.6) is 0 Å². The van der Waals surface area contributed by atoms with Crippen LogP contribution in [0.15, 0.2) is 48.7 Å². The number of hydrogen-bond donors (Lipinski definition) is 1. The van der Waals surface area contributed by atoms with Gasteiger partial charge in [0.1, 0.15) is 0 Å². The summed E-state index contributed by atoms with van der Waals surface area (Å²) in [6.45, 7) is 4.23. The third kappa shape index (κ3) is 3.85. The molecule has 1 aromatic heterocycles. The van der Waals surface area contributed by atoms with E-state index in [1.54, 1.807) is 0 Å². The van der Waals surface area contributed by atoms with Crippen LogP contribution >= 0.6 is 0 Å². The zero-order valence-electron chi connectivity index (χ0n) is 17.0. The summed E-state index contributed by atoms with van der Waals surface area (Å²) in [4.78, 5) is 12.9. The van der Waals surface area contributed by atoms with Crippen LogP contribution in [0.3, 0.4) is 0 Å². The molecule has 6 heteroatoms. The summed E-state index contributed by atoms with van der Waals surface area (Å²) in [6, 6.07) is 14.7. The molecule has 1 N–H and O–H groups in total. The van der Waals surface area contributed by atoms with Crippen LogP contribution in [0, 0.1) is 6.92 Å². The minimum absolute atomic E-state index is 0.164. The summed E-state index contributed by atoms with van der Waals surface area (Å²) in [5.74, 6) is 0. The number of ether oxygens (including phenoxy) is 1. The Labute approximate surface area is 170 Å². The van der Waals surface area contributed by atoms with Crippen molar-refractivity contribution in [2.24, 2.45) is 7.05 Å². The molecular formula is C23H27N3O3. The molecule has 2 aromatic carbocycles. The van der Waals surface area contributed by atoms with Gasteiger partial charge in [0.05, 0.1) is 24.9 Å². The summed E-state index contributed by atoms with van der Waals surface area (Å²) in [7, 11) is 1.95. The van der Waals surface area contributed by atoms with Gasteiger partial charge >= 0.3 is 6.09 Å². The standard InChI is InChI=1S/C23H27N3O3/c1-17-12-18-14-24-25(2)21(18)19(13-17)15-29-16-23(20-6-4-3-5-7-20)8-10-26(11-9-23)22(27)28/h3-7,12-14H,8-11,15-16H2,1-2H3,(H,27,28). The van der Waals surface area contributed by atoms with Crippen molar-refractivity contribution in [1.29, 1.82) is 0 Å². The first-order valence-corrected chi connectivity index (χ1v) is 10.0. The lowest BCUT2D eigenvalue weighted by atomic mass is 9.73. The van der Waals surface area contributed by atoms with Crippen LogP contribution < -0.4 is 0 Å². The predicted molar refractivity (Wildman–Crippen MR) is 112 cm³/mol. The monoisotopic (exact) mass is 393 g/mol. The van der Waals surface area contributed by atoms with Crippen molar-refractivity contribution in [3.05, 3.63) is 65.4 Å². The van der Waals surface area contributed by atoms with Crippen LogP contribution in [-0.4, -0.2) is 45.6 Å². The maximum absolute atomic E-state index is 11.4. The molecule has 6 nitrogen and oxygen atoms in total. The number of amides is 1. The van der Waals surface area contributed by atoms with E-state index < -0.39 is 6.09 Å². The second-order valence-corrected chi connectivity index (χ2v) is 8.04. The Hall–Kier alpha value is -2.86. The average molecular weight is 393 g/mol. The molecule has 152 valence electrons. The molecule has 1 amide bonds. The van der Waals surface area contributed by atoms with Gasteiger partial charge in [0.15, 0.2) is 0 Å². The lowest BCUT2D eigenvalue weighted by Gasteiger charge is -2.41. The fourth-order valence-electron chi connectivity index (χ4n) is 4.48. The first-order valence-electron chi connectivity index (χ1n) is 10.0. The highest BCUT2D eigenvalue weighted by Crippen LogP contribution is 2.36. The number of fused-ring (bicyclic) bond motifs is 1. The van der Waals surface area contributed by atoms with E-state index in [0.29, 0.717) is 26.3 Å². The molecule has 0 aliphatic carbocycles. The summed E-state index contributed by atoms with van der Waals surface area (Å²) in [5, 5.41) is 14.8. The quantitative estimate of drug-likeness (QED) is 0.708. The lowest BCUT2D eigenvalue weighted by Crippen LogP contribution is -2.47. The van der Waals surface area contributed by atoms with Crippen LogP contribution in [0.4, 0.5) is 4.79 Å². The fourth-order valence-corrected chi connectivity index (χ4v) is 4.48.